The molecule has 0 radical (unpaired) electrons. The van der Waals surface area contributed by atoms with E-state index in [4.69, 9.17) is 0 Å². The highest BCUT2D eigenvalue weighted by Crippen LogP contribution is 2.04. The first-order valence-electron chi connectivity index (χ1n) is 6.64. The van der Waals surface area contributed by atoms with Crippen molar-refractivity contribution in [2.45, 2.75) is 80.2 Å². The van der Waals surface area contributed by atoms with Gasteiger partial charge in [0.1, 0.15) is 0 Å². The van der Waals surface area contributed by atoms with Gasteiger partial charge in [-0.15, -0.1) is 0 Å². The SMILES string of the molecule is CC.CC.CCCCCCSNC(C)C. The van der Waals surface area contributed by atoms with Crippen LogP contribution in [0.25, 0.3) is 0 Å². The summed E-state index contributed by atoms with van der Waals surface area (Å²) in [4.78, 5) is 0. The molecule has 0 saturated heterocycles. The fraction of sp³-hybridized carbons (Fsp3) is 1.00. The number of hydrogen-bond acceptors (Lipinski definition) is 2. The van der Waals surface area contributed by atoms with Crippen molar-refractivity contribution in [3.05, 3.63) is 0 Å². The Morgan fingerprint density at radius 3 is 1.87 bits per heavy atom. The summed E-state index contributed by atoms with van der Waals surface area (Å²) < 4.78 is 3.34. The Morgan fingerprint density at radius 2 is 1.47 bits per heavy atom. The molecule has 0 saturated carbocycles. The lowest BCUT2D eigenvalue weighted by Crippen LogP contribution is -2.14. The second kappa shape index (κ2) is 23.8. The maximum atomic E-state index is 3.34. The molecule has 0 aliphatic rings. The lowest BCUT2D eigenvalue weighted by atomic mass is 10.2. The minimum atomic E-state index is 0.617. The summed E-state index contributed by atoms with van der Waals surface area (Å²) in [5.74, 6) is 1.26. The van der Waals surface area contributed by atoms with E-state index in [1.807, 2.05) is 39.6 Å². The van der Waals surface area contributed by atoms with E-state index in [0.717, 1.165) is 0 Å². The minimum absolute atomic E-state index is 0.617. The third kappa shape index (κ3) is 31.4. The summed E-state index contributed by atoms with van der Waals surface area (Å²) in [7, 11) is 0. The van der Waals surface area contributed by atoms with Crippen LogP contribution in [0.15, 0.2) is 0 Å². The van der Waals surface area contributed by atoms with Gasteiger partial charge in [-0.25, -0.2) is 0 Å². The van der Waals surface area contributed by atoms with Crippen LogP contribution in [0.4, 0.5) is 0 Å². The predicted octanol–water partition coefficient (Wildman–Crippen LogP) is 5.27. The van der Waals surface area contributed by atoms with Crippen LogP contribution in [0.1, 0.15) is 74.1 Å². The Morgan fingerprint density at radius 1 is 0.933 bits per heavy atom. The summed E-state index contributed by atoms with van der Waals surface area (Å²) in [6.07, 6.45) is 5.48. The van der Waals surface area contributed by atoms with Gasteiger partial charge in [0, 0.05) is 11.8 Å². The lowest BCUT2D eigenvalue weighted by molar-refractivity contribution is 0.703. The number of nitrogens with one attached hydrogen (secondary N) is 1. The van der Waals surface area contributed by atoms with Crippen molar-refractivity contribution in [1.82, 2.24) is 4.72 Å². The van der Waals surface area contributed by atoms with Crippen LogP contribution in [0.3, 0.4) is 0 Å². The van der Waals surface area contributed by atoms with Gasteiger partial charge in [0.15, 0.2) is 0 Å². The largest absolute Gasteiger partial charge is 0.262 e. The normalized spacial score (nSPS) is 8.80. The molecule has 0 aromatic rings. The molecule has 0 spiro atoms. The highest BCUT2D eigenvalue weighted by molar-refractivity contribution is 7.97. The second-order valence-electron chi connectivity index (χ2n) is 3.18. The van der Waals surface area contributed by atoms with Crippen molar-refractivity contribution in [3.8, 4) is 0 Å². The zero-order valence-corrected chi connectivity index (χ0v) is 12.8. The van der Waals surface area contributed by atoms with Gasteiger partial charge in [-0.05, 0) is 20.3 Å². The van der Waals surface area contributed by atoms with Gasteiger partial charge in [0.25, 0.3) is 0 Å². The molecule has 0 atom stereocenters. The second-order valence-corrected chi connectivity index (χ2v) is 4.11. The van der Waals surface area contributed by atoms with E-state index in [-0.39, 0.29) is 0 Å². The van der Waals surface area contributed by atoms with E-state index in [0.29, 0.717) is 6.04 Å². The molecule has 0 amide bonds. The summed E-state index contributed by atoms with van der Waals surface area (Å²) in [5, 5.41) is 0. The Bertz CT molecular complexity index is 74.9. The van der Waals surface area contributed by atoms with Crippen molar-refractivity contribution >= 4 is 11.9 Å². The fourth-order valence-electron chi connectivity index (χ4n) is 0.827. The molecule has 0 fully saturated rings. The Kier molecular flexibility index (Phi) is 32.9. The first-order chi connectivity index (χ1) is 7.27. The molecule has 0 aromatic heterocycles. The first-order valence-corrected chi connectivity index (χ1v) is 7.63. The van der Waals surface area contributed by atoms with E-state index >= 15 is 0 Å². The van der Waals surface area contributed by atoms with Crippen LogP contribution < -0.4 is 4.72 Å². The minimum Gasteiger partial charge on any atom is -0.262 e. The molecule has 2 heteroatoms. The molecule has 0 bridgehead atoms. The van der Waals surface area contributed by atoms with E-state index in [1.54, 1.807) is 0 Å². The Labute approximate surface area is 103 Å². The molecular formula is C13H33NS. The number of hydrogen-bond donors (Lipinski definition) is 1. The van der Waals surface area contributed by atoms with Crippen molar-refractivity contribution in [2.75, 3.05) is 5.75 Å². The Balaban J connectivity index is -0.000000318. The van der Waals surface area contributed by atoms with Crippen molar-refractivity contribution in [2.24, 2.45) is 0 Å². The highest BCUT2D eigenvalue weighted by atomic mass is 32.2. The fourth-order valence-corrected chi connectivity index (χ4v) is 1.63. The topological polar surface area (TPSA) is 12.0 Å². The van der Waals surface area contributed by atoms with E-state index in [2.05, 4.69) is 25.5 Å². The molecule has 0 rings (SSSR count). The molecule has 15 heavy (non-hydrogen) atoms. The zero-order chi connectivity index (χ0) is 12.5. The van der Waals surface area contributed by atoms with Gasteiger partial charge >= 0.3 is 0 Å². The predicted molar refractivity (Wildman–Crippen MR) is 77.6 cm³/mol. The molecular weight excluding hydrogens is 202 g/mol. The molecule has 0 unspecified atom stereocenters. The Hall–Kier alpha value is 0.310. The molecule has 0 aliphatic carbocycles. The maximum Gasteiger partial charge on any atom is 0.0115 e. The first kappa shape index (κ1) is 20.7. The van der Waals surface area contributed by atoms with E-state index in [1.165, 1.54) is 31.4 Å². The molecule has 96 valence electrons. The lowest BCUT2D eigenvalue weighted by Gasteiger charge is -2.05. The maximum absolute atomic E-state index is 3.34. The zero-order valence-electron chi connectivity index (χ0n) is 12.0. The van der Waals surface area contributed by atoms with Crippen molar-refractivity contribution in [3.63, 3.8) is 0 Å². The monoisotopic (exact) mass is 235 g/mol. The number of unbranched alkanes of at least 4 members (excludes halogenated alkanes) is 3. The van der Waals surface area contributed by atoms with Gasteiger partial charge in [0.2, 0.25) is 0 Å². The molecule has 1 N–H and O–H groups in total. The van der Waals surface area contributed by atoms with Crippen molar-refractivity contribution in [1.29, 1.82) is 0 Å². The van der Waals surface area contributed by atoms with Crippen LogP contribution in [-0.2, 0) is 0 Å². The summed E-state index contributed by atoms with van der Waals surface area (Å²) in [5.41, 5.74) is 0. The molecule has 0 aromatic carbocycles. The van der Waals surface area contributed by atoms with Gasteiger partial charge in [0.05, 0.1) is 0 Å². The quantitative estimate of drug-likeness (QED) is 0.477. The van der Waals surface area contributed by atoms with Crippen LogP contribution >= 0.6 is 11.9 Å². The van der Waals surface area contributed by atoms with Gasteiger partial charge in [-0.1, -0.05) is 65.8 Å². The highest BCUT2D eigenvalue weighted by Gasteiger charge is 1.91. The van der Waals surface area contributed by atoms with Gasteiger partial charge in [-0.3, -0.25) is 4.72 Å². The van der Waals surface area contributed by atoms with Crippen LogP contribution in [0.2, 0.25) is 0 Å². The number of rotatable bonds is 7. The van der Waals surface area contributed by atoms with Crippen LogP contribution in [-0.4, -0.2) is 11.8 Å². The summed E-state index contributed by atoms with van der Waals surface area (Å²) in [6.45, 7) is 14.6. The van der Waals surface area contributed by atoms with Crippen LogP contribution in [0.5, 0.6) is 0 Å². The molecule has 1 nitrogen and oxygen atoms in total. The average Bonchev–Trinajstić information content (AvgIpc) is 2.28. The standard InChI is InChI=1S/C9H21NS.2C2H6/c1-4-5-6-7-8-11-10-9(2)3;2*1-2/h9-10H,4-8H2,1-3H3;2*1-2H3. The third-order valence-electron chi connectivity index (χ3n) is 1.42. The van der Waals surface area contributed by atoms with E-state index in [9.17, 15) is 0 Å². The summed E-state index contributed by atoms with van der Waals surface area (Å²) in [6, 6.07) is 0.617. The summed E-state index contributed by atoms with van der Waals surface area (Å²) >= 11 is 1.86. The van der Waals surface area contributed by atoms with Gasteiger partial charge < -0.3 is 0 Å². The van der Waals surface area contributed by atoms with E-state index < -0.39 is 0 Å². The van der Waals surface area contributed by atoms with Gasteiger partial charge in [-0.2, -0.15) is 0 Å². The smallest absolute Gasteiger partial charge is 0.0115 e. The average molecular weight is 235 g/mol. The van der Waals surface area contributed by atoms with Crippen LogP contribution in [0, 0.1) is 0 Å². The third-order valence-corrected chi connectivity index (χ3v) is 2.55. The van der Waals surface area contributed by atoms with Crippen molar-refractivity contribution < 1.29 is 0 Å². The molecule has 0 aliphatic heterocycles. The molecule has 0 heterocycles.